The summed E-state index contributed by atoms with van der Waals surface area (Å²) in [5, 5.41) is 0. The molecule has 1 heterocycles. The van der Waals surface area contributed by atoms with Gasteiger partial charge in [0.1, 0.15) is 0 Å². The highest BCUT2D eigenvalue weighted by Crippen LogP contribution is 2.24. The quantitative estimate of drug-likeness (QED) is 0.828. The third-order valence-corrected chi connectivity index (χ3v) is 5.58. The molecule has 0 unspecified atom stereocenters. The largest absolute Gasteiger partial charge is 0.488 e. The third kappa shape index (κ3) is 3.77. The highest BCUT2D eigenvalue weighted by atomic mass is 32.2. The zero-order valence-electron chi connectivity index (χ0n) is 13.3. The topological polar surface area (TPSA) is 49.9 Å². The van der Waals surface area contributed by atoms with Crippen molar-refractivity contribution in [3.8, 4) is 5.75 Å². The average molecular weight is 330 g/mol. The predicted octanol–water partition coefficient (Wildman–Crippen LogP) is 1.94. The molecule has 0 N–H and O–H groups in total. The van der Waals surface area contributed by atoms with Crippen LogP contribution in [0.5, 0.6) is 5.75 Å². The summed E-state index contributed by atoms with van der Waals surface area (Å²) in [6.07, 6.45) is -0.168. The minimum absolute atomic E-state index is 0.0222. The molecule has 0 atom stereocenters. The van der Waals surface area contributed by atoms with Gasteiger partial charge in [0.05, 0.1) is 11.0 Å². The van der Waals surface area contributed by atoms with Crippen LogP contribution in [0.3, 0.4) is 0 Å². The monoisotopic (exact) mass is 330 g/mol. The van der Waals surface area contributed by atoms with Gasteiger partial charge in [-0.05, 0) is 38.6 Å². The molecule has 1 aromatic carbocycles. The molecule has 0 spiro atoms. The second-order valence-corrected chi connectivity index (χ2v) is 7.54. The van der Waals surface area contributed by atoms with Gasteiger partial charge in [0.2, 0.25) is 10.0 Å². The fourth-order valence-electron chi connectivity index (χ4n) is 2.43. The average Bonchev–Trinajstić information content (AvgIpc) is 2.49. The SMILES string of the molecule is CCN1CCN(S(=O)(=O)c2ccc(OC(C)C)c(F)c2)CC1. The van der Waals surface area contributed by atoms with Gasteiger partial charge in [-0.25, -0.2) is 12.8 Å². The Morgan fingerprint density at radius 3 is 2.36 bits per heavy atom. The van der Waals surface area contributed by atoms with Gasteiger partial charge >= 0.3 is 0 Å². The molecule has 1 aromatic rings. The van der Waals surface area contributed by atoms with Gasteiger partial charge in [0.25, 0.3) is 0 Å². The minimum atomic E-state index is -3.65. The van der Waals surface area contributed by atoms with Crippen molar-refractivity contribution in [1.29, 1.82) is 0 Å². The third-order valence-electron chi connectivity index (χ3n) is 3.68. The van der Waals surface area contributed by atoms with E-state index in [1.54, 1.807) is 13.8 Å². The van der Waals surface area contributed by atoms with E-state index in [1.165, 1.54) is 16.4 Å². The molecule has 124 valence electrons. The molecule has 0 aromatic heterocycles. The van der Waals surface area contributed by atoms with E-state index in [4.69, 9.17) is 4.74 Å². The number of halogens is 1. The van der Waals surface area contributed by atoms with Crippen LogP contribution in [0.25, 0.3) is 0 Å². The van der Waals surface area contributed by atoms with E-state index in [0.717, 1.165) is 12.6 Å². The number of ether oxygens (including phenoxy) is 1. The maximum Gasteiger partial charge on any atom is 0.243 e. The molecule has 0 amide bonds. The van der Waals surface area contributed by atoms with Crippen LogP contribution < -0.4 is 4.74 Å². The van der Waals surface area contributed by atoms with Crippen LogP contribution in [0.4, 0.5) is 4.39 Å². The highest BCUT2D eigenvalue weighted by Gasteiger charge is 2.28. The summed E-state index contributed by atoms with van der Waals surface area (Å²) in [5.74, 6) is -0.577. The summed E-state index contributed by atoms with van der Waals surface area (Å²) in [6.45, 7) is 8.80. The number of nitrogens with zero attached hydrogens (tertiary/aromatic N) is 2. The van der Waals surface area contributed by atoms with Crippen molar-refractivity contribution in [2.75, 3.05) is 32.7 Å². The maximum absolute atomic E-state index is 14.0. The Labute approximate surface area is 131 Å². The molecule has 0 saturated carbocycles. The number of hydrogen-bond donors (Lipinski definition) is 0. The molecule has 0 bridgehead atoms. The van der Waals surface area contributed by atoms with Gasteiger partial charge in [-0.15, -0.1) is 0 Å². The van der Waals surface area contributed by atoms with Gasteiger partial charge in [-0.3, -0.25) is 0 Å². The first-order valence-electron chi connectivity index (χ1n) is 7.53. The predicted molar refractivity (Wildman–Crippen MR) is 83.0 cm³/mol. The van der Waals surface area contributed by atoms with Crippen LogP contribution in [-0.4, -0.2) is 56.5 Å². The van der Waals surface area contributed by atoms with Crippen molar-refractivity contribution in [3.63, 3.8) is 0 Å². The summed E-state index contributed by atoms with van der Waals surface area (Å²) in [4.78, 5) is 2.16. The fourth-order valence-corrected chi connectivity index (χ4v) is 3.86. The Hall–Kier alpha value is -1.18. The Balaban J connectivity index is 2.18. The first-order chi connectivity index (χ1) is 10.3. The van der Waals surface area contributed by atoms with E-state index < -0.39 is 15.8 Å². The lowest BCUT2D eigenvalue weighted by atomic mass is 10.3. The van der Waals surface area contributed by atoms with E-state index >= 15 is 0 Å². The molecular weight excluding hydrogens is 307 g/mol. The number of rotatable bonds is 5. The zero-order valence-corrected chi connectivity index (χ0v) is 14.1. The molecular formula is C15H23FN2O3S. The standard InChI is InChI=1S/C15H23FN2O3S/c1-4-17-7-9-18(10-8-17)22(19,20)13-5-6-15(14(16)11-13)21-12(2)3/h5-6,11-12H,4,7-10H2,1-3H3. The second-order valence-electron chi connectivity index (χ2n) is 5.60. The van der Waals surface area contributed by atoms with Crippen LogP contribution in [-0.2, 0) is 10.0 Å². The summed E-state index contributed by atoms with van der Waals surface area (Å²) in [6, 6.07) is 3.83. The minimum Gasteiger partial charge on any atom is -0.488 e. The fraction of sp³-hybridized carbons (Fsp3) is 0.600. The molecule has 1 fully saturated rings. The van der Waals surface area contributed by atoms with Crippen molar-refractivity contribution >= 4 is 10.0 Å². The van der Waals surface area contributed by atoms with Crippen molar-refractivity contribution < 1.29 is 17.5 Å². The van der Waals surface area contributed by atoms with Gasteiger partial charge < -0.3 is 9.64 Å². The molecule has 1 saturated heterocycles. The lowest BCUT2D eigenvalue weighted by Crippen LogP contribution is -2.48. The van der Waals surface area contributed by atoms with E-state index in [-0.39, 0.29) is 16.7 Å². The lowest BCUT2D eigenvalue weighted by molar-refractivity contribution is 0.196. The molecule has 7 heteroatoms. The zero-order chi connectivity index (χ0) is 16.3. The lowest BCUT2D eigenvalue weighted by Gasteiger charge is -2.33. The van der Waals surface area contributed by atoms with Crippen molar-refractivity contribution in [2.45, 2.75) is 31.8 Å². The summed E-state index contributed by atoms with van der Waals surface area (Å²) in [7, 11) is -3.65. The molecule has 1 aliphatic heterocycles. The number of benzene rings is 1. The normalized spacial score (nSPS) is 17.9. The van der Waals surface area contributed by atoms with Crippen LogP contribution in [0.15, 0.2) is 23.1 Å². The van der Waals surface area contributed by atoms with Crippen molar-refractivity contribution in [1.82, 2.24) is 9.21 Å². The van der Waals surface area contributed by atoms with Gasteiger partial charge in [-0.1, -0.05) is 6.92 Å². The molecule has 22 heavy (non-hydrogen) atoms. The Kier molecular flexibility index (Phi) is 5.41. The highest BCUT2D eigenvalue weighted by molar-refractivity contribution is 7.89. The molecule has 0 aliphatic carbocycles. The van der Waals surface area contributed by atoms with Crippen molar-refractivity contribution in [2.24, 2.45) is 0 Å². The molecule has 1 aliphatic rings. The van der Waals surface area contributed by atoms with Crippen molar-refractivity contribution in [3.05, 3.63) is 24.0 Å². The Morgan fingerprint density at radius 1 is 1.23 bits per heavy atom. The first-order valence-corrected chi connectivity index (χ1v) is 8.97. The van der Waals surface area contributed by atoms with Gasteiger partial charge in [-0.2, -0.15) is 4.31 Å². The van der Waals surface area contributed by atoms with Gasteiger partial charge in [0, 0.05) is 26.2 Å². The Bertz CT molecular complexity index is 611. The van der Waals surface area contributed by atoms with Crippen LogP contribution in [0, 0.1) is 5.82 Å². The second kappa shape index (κ2) is 6.93. The Morgan fingerprint density at radius 2 is 1.86 bits per heavy atom. The van der Waals surface area contributed by atoms with E-state index in [0.29, 0.717) is 26.2 Å². The van der Waals surface area contributed by atoms with Crippen LogP contribution in [0.1, 0.15) is 20.8 Å². The molecule has 2 rings (SSSR count). The number of sulfonamides is 1. The van der Waals surface area contributed by atoms with Crippen LogP contribution >= 0.6 is 0 Å². The number of hydrogen-bond acceptors (Lipinski definition) is 4. The first kappa shape index (κ1) is 17.2. The number of piperazine rings is 1. The van der Waals surface area contributed by atoms with Gasteiger partial charge in [0.15, 0.2) is 11.6 Å². The molecule has 0 radical (unpaired) electrons. The molecule has 5 nitrogen and oxygen atoms in total. The van der Waals surface area contributed by atoms with E-state index in [2.05, 4.69) is 4.90 Å². The smallest absolute Gasteiger partial charge is 0.243 e. The maximum atomic E-state index is 14.0. The summed E-state index contributed by atoms with van der Waals surface area (Å²) >= 11 is 0. The summed E-state index contributed by atoms with van der Waals surface area (Å²) < 4.78 is 45.9. The van der Waals surface area contributed by atoms with E-state index in [1.807, 2.05) is 6.92 Å². The van der Waals surface area contributed by atoms with E-state index in [9.17, 15) is 12.8 Å². The van der Waals surface area contributed by atoms with Crippen LogP contribution in [0.2, 0.25) is 0 Å². The number of likely N-dealkylation sites (N-methyl/N-ethyl adjacent to an activating group) is 1. The summed E-state index contributed by atoms with van der Waals surface area (Å²) in [5.41, 5.74) is 0.